The summed E-state index contributed by atoms with van der Waals surface area (Å²) in [6, 6.07) is 14.9. The van der Waals surface area contributed by atoms with Gasteiger partial charge in [0.15, 0.2) is 5.43 Å². The Labute approximate surface area is 185 Å². The molecule has 0 saturated heterocycles. The molecule has 0 bridgehead atoms. The number of aromatic nitrogens is 1. The highest BCUT2D eigenvalue weighted by molar-refractivity contribution is 6.31. The van der Waals surface area contributed by atoms with Crippen molar-refractivity contribution in [3.63, 3.8) is 0 Å². The van der Waals surface area contributed by atoms with Gasteiger partial charge >= 0.3 is 6.36 Å². The minimum Gasteiger partial charge on any atom is -0.406 e. The minimum atomic E-state index is -4.76. The first kappa shape index (κ1) is 21.9. The smallest absolute Gasteiger partial charge is 0.406 e. The largest absolute Gasteiger partial charge is 0.573 e. The number of benzene rings is 3. The van der Waals surface area contributed by atoms with Crippen molar-refractivity contribution >= 4 is 22.5 Å². The Kier molecular flexibility index (Phi) is 5.69. The molecule has 0 radical (unpaired) electrons. The van der Waals surface area contributed by atoms with Crippen molar-refractivity contribution in [2.75, 3.05) is 0 Å². The first-order valence-electron chi connectivity index (χ1n) is 9.56. The van der Waals surface area contributed by atoms with Crippen LogP contribution in [0.3, 0.4) is 0 Å². The molecule has 32 heavy (non-hydrogen) atoms. The quantitative estimate of drug-likeness (QED) is 0.340. The first-order valence-corrected chi connectivity index (χ1v) is 9.94. The molecular formula is C24H16ClF4NO2. The highest BCUT2D eigenvalue weighted by Crippen LogP contribution is 2.28. The number of rotatable bonds is 4. The number of alkyl halides is 3. The summed E-state index contributed by atoms with van der Waals surface area (Å²) in [5, 5.41) is 0.913. The van der Waals surface area contributed by atoms with Gasteiger partial charge in [0.2, 0.25) is 0 Å². The lowest BCUT2D eigenvalue weighted by molar-refractivity contribution is -0.274. The average Bonchev–Trinajstić information content (AvgIpc) is 2.71. The fourth-order valence-electron chi connectivity index (χ4n) is 3.55. The number of H-pyrrole nitrogens is 1. The van der Waals surface area contributed by atoms with E-state index in [1.807, 2.05) is 0 Å². The van der Waals surface area contributed by atoms with Crippen molar-refractivity contribution < 1.29 is 22.3 Å². The van der Waals surface area contributed by atoms with Crippen molar-refractivity contribution in [1.29, 1.82) is 0 Å². The number of ether oxygens (including phenoxy) is 1. The second-order valence-electron chi connectivity index (χ2n) is 7.33. The molecule has 0 saturated carbocycles. The molecule has 0 atom stereocenters. The second-order valence-corrected chi connectivity index (χ2v) is 7.76. The molecule has 3 aromatic carbocycles. The minimum absolute atomic E-state index is 0.213. The number of hydrogen-bond donors (Lipinski definition) is 1. The molecule has 164 valence electrons. The van der Waals surface area contributed by atoms with E-state index in [-0.39, 0.29) is 16.7 Å². The normalized spacial score (nSPS) is 11.7. The lowest BCUT2D eigenvalue weighted by Gasteiger charge is -2.12. The molecular weight excluding hydrogens is 446 g/mol. The Balaban J connectivity index is 1.63. The Morgan fingerprint density at radius 2 is 1.66 bits per heavy atom. The number of pyridine rings is 1. The van der Waals surface area contributed by atoms with Crippen molar-refractivity contribution in [3.05, 3.63) is 98.4 Å². The van der Waals surface area contributed by atoms with Crippen LogP contribution in [0.5, 0.6) is 5.75 Å². The topological polar surface area (TPSA) is 42.1 Å². The number of aromatic amines is 1. The second kappa shape index (κ2) is 8.31. The van der Waals surface area contributed by atoms with Crippen LogP contribution in [0.25, 0.3) is 22.2 Å². The van der Waals surface area contributed by atoms with E-state index in [2.05, 4.69) is 9.72 Å². The molecule has 4 aromatic rings. The Morgan fingerprint density at radius 3 is 2.31 bits per heavy atom. The third-order valence-corrected chi connectivity index (χ3v) is 5.30. The summed E-state index contributed by atoms with van der Waals surface area (Å²) in [6.45, 7) is 1.63. The van der Waals surface area contributed by atoms with Gasteiger partial charge < -0.3 is 9.72 Å². The third-order valence-electron chi connectivity index (χ3n) is 5.07. The molecule has 8 heteroatoms. The Bertz CT molecular complexity index is 1360. The zero-order chi connectivity index (χ0) is 23.0. The molecule has 0 fully saturated rings. The van der Waals surface area contributed by atoms with Gasteiger partial charge in [0.05, 0.1) is 11.2 Å². The van der Waals surface area contributed by atoms with Gasteiger partial charge in [-0.15, -0.1) is 13.2 Å². The van der Waals surface area contributed by atoms with Crippen LogP contribution >= 0.6 is 11.6 Å². The molecule has 0 aliphatic heterocycles. The molecule has 1 aromatic heterocycles. The third kappa shape index (κ3) is 4.62. The molecule has 0 spiro atoms. The molecule has 0 amide bonds. The van der Waals surface area contributed by atoms with Crippen LogP contribution < -0.4 is 10.2 Å². The van der Waals surface area contributed by atoms with Crippen molar-refractivity contribution in [1.82, 2.24) is 4.98 Å². The van der Waals surface area contributed by atoms with Gasteiger partial charge in [-0.25, -0.2) is 4.39 Å². The van der Waals surface area contributed by atoms with Crippen LogP contribution in [-0.4, -0.2) is 11.3 Å². The lowest BCUT2D eigenvalue weighted by atomic mass is 9.99. The van der Waals surface area contributed by atoms with Crippen molar-refractivity contribution in [3.8, 4) is 17.0 Å². The molecule has 0 unspecified atom stereocenters. The van der Waals surface area contributed by atoms with Gasteiger partial charge in [0, 0.05) is 21.5 Å². The van der Waals surface area contributed by atoms with Crippen LogP contribution in [0, 0.1) is 12.7 Å². The number of fused-ring (bicyclic) bond motifs is 1. The predicted molar refractivity (Wildman–Crippen MR) is 116 cm³/mol. The zero-order valence-corrected chi connectivity index (χ0v) is 17.4. The summed E-state index contributed by atoms with van der Waals surface area (Å²) < 4.78 is 55.7. The summed E-state index contributed by atoms with van der Waals surface area (Å²) in [7, 11) is 0. The van der Waals surface area contributed by atoms with E-state index >= 15 is 0 Å². The Morgan fingerprint density at radius 1 is 0.969 bits per heavy atom. The number of halogens is 5. The lowest BCUT2D eigenvalue weighted by Crippen LogP contribution is -2.17. The van der Waals surface area contributed by atoms with Crippen LogP contribution in [0.2, 0.25) is 5.02 Å². The highest BCUT2D eigenvalue weighted by atomic mass is 35.5. The SMILES string of the molecule is Cc1c(-c2ccc(Cc3ccc(OC(F)(F)F)cc3)cc2F)[nH]c2cc(Cl)ccc2c1=O. The highest BCUT2D eigenvalue weighted by Gasteiger charge is 2.30. The monoisotopic (exact) mass is 461 g/mol. The number of hydrogen-bond acceptors (Lipinski definition) is 2. The summed E-state index contributed by atoms with van der Waals surface area (Å²) in [4.78, 5) is 15.8. The summed E-state index contributed by atoms with van der Waals surface area (Å²) in [5.74, 6) is -0.849. The summed E-state index contributed by atoms with van der Waals surface area (Å²) in [5.41, 5.74) is 2.59. The molecule has 0 aliphatic carbocycles. The predicted octanol–water partition coefficient (Wildman–Crippen LogP) is 6.79. The van der Waals surface area contributed by atoms with Gasteiger partial charge in [0.1, 0.15) is 11.6 Å². The van der Waals surface area contributed by atoms with Gasteiger partial charge in [-0.05, 0) is 66.9 Å². The zero-order valence-electron chi connectivity index (χ0n) is 16.7. The molecule has 0 aliphatic rings. The molecule has 1 N–H and O–H groups in total. The van der Waals surface area contributed by atoms with Crippen LogP contribution in [-0.2, 0) is 6.42 Å². The van der Waals surface area contributed by atoms with Gasteiger partial charge in [-0.3, -0.25) is 4.79 Å². The van der Waals surface area contributed by atoms with Crippen LogP contribution in [0.4, 0.5) is 17.6 Å². The molecule has 3 nitrogen and oxygen atoms in total. The van der Waals surface area contributed by atoms with E-state index in [0.29, 0.717) is 44.7 Å². The van der Waals surface area contributed by atoms with E-state index in [4.69, 9.17) is 11.6 Å². The van der Waals surface area contributed by atoms with Crippen molar-refractivity contribution in [2.45, 2.75) is 19.7 Å². The van der Waals surface area contributed by atoms with Crippen LogP contribution in [0.1, 0.15) is 16.7 Å². The fourth-order valence-corrected chi connectivity index (χ4v) is 3.72. The van der Waals surface area contributed by atoms with E-state index in [0.717, 1.165) is 0 Å². The standard InChI is InChI=1S/C24H16ClF4NO2/c1-13-22(30-21-12-16(25)5-9-19(21)23(13)31)18-8-4-15(11-20(18)26)10-14-2-6-17(7-3-14)32-24(27,28)29/h2-9,11-12H,10H2,1H3,(H,30,31). The fraction of sp³-hybridized carbons (Fsp3) is 0.125. The van der Waals surface area contributed by atoms with Gasteiger partial charge in [-0.1, -0.05) is 29.8 Å². The van der Waals surface area contributed by atoms with Gasteiger partial charge in [-0.2, -0.15) is 0 Å². The van der Waals surface area contributed by atoms with Gasteiger partial charge in [0.25, 0.3) is 0 Å². The van der Waals surface area contributed by atoms with E-state index in [1.54, 1.807) is 37.3 Å². The first-order chi connectivity index (χ1) is 15.1. The summed E-state index contributed by atoms with van der Waals surface area (Å²) in [6.07, 6.45) is -4.44. The molecule has 1 heterocycles. The maximum atomic E-state index is 15.0. The maximum Gasteiger partial charge on any atom is 0.573 e. The van der Waals surface area contributed by atoms with E-state index in [9.17, 15) is 22.4 Å². The maximum absolute atomic E-state index is 15.0. The van der Waals surface area contributed by atoms with Crippen LogP contribution in [0.15, 0.2) is 65.5 Å². The number of nitrogens with one attached hydrogen (secondary N) is 1. The average molecular weight is 462 g/mol. The Hall–Kier alpha value is -3.32. The van der Waals surface area contributed by atoms with E-state index in [1.165, 1.54) is 30.3 Å². The summed E-state index contributed by atoms with van der Waals surface area (Å²) >= 11 is 6.02. The molecule has 4 rings (SSSR count). The van der Waals surface area contributed by atoms with Crippen molar-refractivity contribution in [2.24, 2.45) is 0 Å². The van der Waals surface area contributed by atoms with E-state index < -0.39 is 12.2 Å².